The number of piperazine rings is 1. The Morgan fingerprint density at radius 1 is 1.10 bits per heavy atom. The van der Waals surface area contributed by atoms with Crippen molar-refractivity contribution >= 4 is 29.2 Å². The molecule has 3 atom stereocenters. The monoisotopic (exact) mass is 445 g/mol. The maximum absolute atomic E-state index is 13.7. The first kappa shape index (κ1) is 22.5. The van der Waals surface area contributed by atoms with E-state index in [-0.39, 0.29) is 18.3 Å². The van der Waals surface area contributed by atoms with E-state index in [9.17, 15) is 4.79 Å². The van der Waals surface area contributed by atoms with Gasteiger partial charge < -0.3 is 14.2 Å². The fourth-order valence-corrected chi connectivity index (χ4v) is 6.28. The first-order valence-corrected chi connectivity index (χ1v) is 11.9. The average Bonchev–Trinajstić information content (AvgIpc) is 3.15. The van der Waals surface area contributed by atoms with Gasteiger partial charge in [-0.2, -0.15) is 0 Å². The molecule has 2 unspecified atom stereocenters. The zero-order valence-electron chi connectivity index (χ0n) is 19.0. The predicted octanol–water partition coefficient (Wildman–Crippen LogP) is 5.13. The summed E-state index contributed by atoms with van der Waals surface area (Å²) >= 11 is 0. The number of aromatic nitrogens is 1. The summed E-state index contributed by atoms with van der Waals surface area (Å²) in [5, 5.41) is 1.05. The van der Waals surface area contributed by atoms with E-state index in [4.69, 9.17) is 4.74 Å². The summed E-state index contributed by atoms with van der Waals surface area (Å²) in [6, 6.07) is 7.30. The predicted molar refractivity (Wildman–Crippen MR) is 128 cm³/mol. The van der Waals surface area contributed by atoms with Gasteiger partial charge in [-0.1, -0.05) is 38.3 Å². The number of hydrogen-bond acceptors (Lipinski definition) is 3. The van der Waals surface area contributed by atoms with E-state index in [1.807, 2.05) is 12.1 Å². The first-order chi connectivity index (χ1) is 14.6. The summed E-state index contributed by atoms with van der Waals surface area (Å²) in [6.07, 6.45) is 8.68. The standard InChI is InChI=1S/C25H35N3O2.ClH/c1-4-27-17(2)13-26(14-18(27)3)25(29)21-15-28-22(19-9-6-5-7-10-19)16-30-23-12-8-11-20(21)24(23)28;/h8,11-12,15,17-19,22H,4-7,9-10,13-14,16H2,1-3H3;1H/t17?,18?,22-;/m0./s1. The largest absolute Gasteiger partial charge is 0.489 e. The average molecular weight is 446 g/mol. The van der Waals surface area contributed by atoms with Gasteiger partial charge in [0.05, 0.1) is 17.1 Å². The summed E-state index contributed by atoms with van der Waals surface area (Å²) in [5.41, 5.74) is 1.97. The third-order valence-corrected chi connectivity index (χ3v) is 7.76. The van der Waals surface area contributed by atoms with Crippen LogP contribution in [0.15, 0.2) is 24.4 Å². The molecule has 6 heteroatoms. The molecular formula is C25H36ClN3O2. The fraction of sp³-hybridized carbons (Fsp3) is 0.640. The molecule has 0 N–H and O–H groups in total. The van der Waals surface area contributed by atoms with Gasteiger partial charge in [-0.25, -0.2) is 0 Å². The molecule has 0 spiro atoms. The van der Waals surface area contributed by atoms with E-state index in [0.29, 0.717) is 24.0 Å². The zero-order chi connectivity index (χ0) is 20.8. The summed E-state index contributed by atoms with van der Waals surface area (Å²) in [6.45, 7) is 10.0. The Kier molecular flexibility index (Phi) is 6.55. The van der Waals surface area contributed by atoms with E-state index in [2.05, 4.69) is 47.4 Å². The highest BCUT2D eigenvalue weighted by Gasteiger charge is 2.35. The van der Waals surface area contributed by atoms with Gasteiger partial charge in [0, 0.05) is 36.8 Å². The van der Waals surface area contributed by atoms with Crippen LogP contribution in [0.1, 0.15) is 69.3 Å². The van der Waals surface area contributed by atoms with Crippen molar-refractivity contribution in [2.45, 2.75) is 71.0 Å². The van der Waals surface area contributed by atoms with Crippen molar-refractivity contribution in [2.24, 2.45) is 5.92 Å². The number of likely N-dealkylation sites (N-methyl/N-ethyl adjacent to an activating group) is 1. The van der Waals surface area contributed by atoms with Gasteiger partial charge in [0.2, 0.25) is 0 Å². The molecule has 2 aliphatic heterocycles. The number of carbonyl (C=O) groups excluding carboxylic acids is 1. The molecule has 1 aromatic heterocycles. The zero-order valence-corrected chi connectivity index (χ0v) is 19.9. The third kappa shape index (κ3) is 3.84. The number of nitrogens with zero attached hydrogens (tertiary/aromatic N) is 3. The normalized spacial score (nSPS) is 27.1. The van der Waals surface area contributed by atoms with E-state index in [1.165, 1.54) is 32.1 Å². The van der Waals surface area contributed by atoms with Crippen LogP contribution in [-0.2, 0) is 0 Å². The fourth-order valence-electron chi connectivity index (χ4n) is 6.28. The lowest BCUT2D eigenvalue weighted by atomic mass is 9.83. The number of amides is 1. The van der Waals surface area contributed by atoms with Crippen LogP contribution in [0.2, 0.25) is 0 Å². The van der Waals surface area contributed by atoms with Crippen molar-refractivity contribution < 1.29 is 9.53 Å². The quantitative estimate of drug-likeness (QED) is 0.657. The van der Waals surface area contributed by atoms with Gasteiger partial charge in [0.1, 0.15) is 12.4 Å². The van der Waals surface area contributed by atoms with Crippen molar-refractivity contribution in [3.63, 3.8) is 0 Å². The topological polar surface area (TPSA) is 37.7 Å². The molecule has 31 heavy (non-hydrogen) atoms. The van der Waals surface area contributed by atoms with Crippen LogP contribution in [0.5, 0.6) is 5.75 Å². The van der Waals surface area contributed by atoms with E-state index in [1.54, 1.807) is 0 Å². The smallest absolute Gasteiger partial charge is 0.256 e. The molecule has 2 fully saturated rings. The van der Waals surface area contributed by atoms with Crippen LogP contribution in [-0.4, -0.2) is 58.6 Å². The molecule has 3 heterocycles. The van der Waals surface area contributed by atoms with Crippen molar-refractivity contribution in [3.05, 3.63) is 30.0 Å². The molecule has 5 nitrogen and oxygen atoms in total. The maximum Gasteiger partial charge on any atom is 0.256 e. The molecule has 5 rings (SSSR count). The molecule has 1 saturated carbocycles. The highest BCUT2D eigenvalue weighted by molar-refractivity contribution is 6.08. The molecule has 3 aliphatic rings. The molecule has 170 valence electrons. The second-order valence-corrected chi connectivity index (χ2v) is 9.62. The Hall–Kier alpha value is -1.72. The van der Waals surface area contributed by atoms with Crippen LogP contribution in [0.4, 0.5) is 0 Å². The highest BCUT2D eigenvalue weighted by Crippen LogP contribution is 2.42. The molecular weight excluding hydrogens is 410 g/mol. The molecule has 1 aliphatic carbocycles. The Morgan fingerprint density at radius 3 is 2.48 bits per heavy atom. The van der Waals surface area contributed by atoms with E-state index >= 15 is 0 Å². The van der Waals surface area contributed by atoms with Crippen molar-refractivity contribution in [3.8, 4) is 5.75 Å². The van der Waals surface area contributed by atoms with Crippen molar-refractivity contribution in [1.82, 2.24) is 14.4 Å². The minimum Gasteiger partial charge on any atom is -0.489 e. The number of hydrogen-bond donors (Lipinski definition) is 0. The third-order valence-electron chi connectivity index (χ3n) is 7.76. The van der Waals surface area contributed by atoms with Gasteiger partial charge in [-0.15, -0.1) is 12.4 Å². The van der Waals surface area contributed by atoms with E-state index in [0.717, 1.165) is 48.5 Å². The van der Waals surface area contributed by atoms with Crippen LogP contribution in [0.25, 0.3) is 10.9 Å². The lowest BCUT2D eigenvalue weighted by Crippen LogP contribution is -2.57. The summed E-state index contributed by atoms with van der Waals surface area (Å²) in [7, 11) is 0. The van der Waals surface area contributed by atoms with Gasteiger partial charge >= 0.3 is 0 Å². The molecule has 1 amide bonds. The number of halogens is 1. The maximum atomic E-state index is 13.7. The van der Waals surface area contributed by atoms with Crippen LogP contribution >= 0.6 is 12.4 Å². The van der Waals surface area contributed by atoms with Gasteiger partial charge in [0.15, 0.2) is 0 Å². The summed E-state index contributed by atoms with van der Waals surface area (Å²) in [5.74, 6) is 1.75. The number of carbonyl (C=O) groups is 1. The second kappa shape index (κ2) is 9.03. The van der Waals surface area contributed by atoms with Gasteiger partial charge in [0.25, 0.3) is 5.91 Å². The molecule has 0 radical (unpaired) electrons. The van der Waals surface area contributed by atoms with Crippen molar-refractivity contribution in [1.29, 1.82) is 0 Å². The van der Waals surface area contributed by atoms with Crippen molar-refractivity contribution in [2.75, 3.05) is 26.2 Å². The van der Waals surface area contributed by atoms with Gasteiger partial charge in [-0.3, -0.25) is 9.69 Å². The second-order valence-electron chi connectivity index (χ2n) is 9.62. The lowest BCUT2D eigenvalue weighted by molar-refractivity contribution is 0.0331. The number of benzene rings is 1. The van der Waals surface area contributed by atoms with Crippen LogP contribution in [0, 0.1) is 5.92 Å². The number of rotatable bonds is 3. The molecule has 1 saturated heterocycles. The van der Waals surface area contributed by atoms with Gasteiger partial charge in [-0.05, 0) is 45.2 Å². The minimum atomic E-state index is 0. The summed E-state index contributed by atoms with van der Waals surface area (Å²) < 4.78 is 8.61. The SMILES string of the molecule is CCN1C(C)CN(C(=O)c2cn3c4c(cccc24)OC[C@H]3C2CCCCC2)CC1C.Cl. The van der Waals surface area contributed by atoms with Crippen LogP contribution < -0.4 is 4.74 Å². The first-order valence-electron chi connectivity index (χ1n) is 11.9. The Balaban J connectivity index is 0.00000231. The molecule has 0 bridgehead atoms. The molecule has 1 aromatic carbocycles. The Bertz CT molecular complexity index is 924. The molecule has 2 aromatic rings. The minimum absolute atomic E-state index is 0. The summed E-state index contributed by atoms with van der Waals surface area (Å²) in [4.78, 5) is 18.3. The highest BCUT2D eigenvalue weighted by atomic mass is 35.5. The number of ether oxygens (including phenoxy) is 1. The Labute approximate surface area is 192 Å². The number of para-hydroxylation sites is 1. The Morgan fingerprint density at radius 2 is 1.81 bits per heavy atom. The van der Waals surface area contributed by atoms with E-state index < -0.39 is 0 Å². The van der Waals surface area contributed by atoms with Crippen LogP contribution in [0.3, 0.4) is 0 Å². The lowest BCUT2D eigenvalue weighted by Gasteiger charge is -2.44.